The maximum Gasteiger partial charge on any atom is 0.157 e. The minimum absolute atomic E-state index is 0.473. The van der Waals surface area contributed by atoms with Gasteiger partial charge in [0.2, 0.25) is 0 Å². The van der Waals surface area contributed by atoms with Gasteiger partial charge in [0, 0.05) is 32.1 Å². The van der Waals surface area contributed by atoms with Gasteiger partial charge >= 0.3 is 0 Å². The summed E-state index contributed by atoms with van der Waals surface area (Å²) in [6.45, 7) is 2.14. The van der Waals surface area contributed by atoms with Crippen molar-refractivity contribution in [1.29, 1.82) is 0 Å². The molecule has 0 fully saturated rings. The van der Waals surface area contributed by atoms with Gasteiger partial charge in [0.25, 0.3) is 0 Å². The standard InChI is InChI=1S/C12H14Cl2N4O/c1-19-3-2-15-6-9-7-17-12(18-9)11-10(14)4-8(13)5-16-11/h4-5,7,15H,2-3,6H2,1H3,(H,17,18). The van der Waals surface area contributed by atoms with Crippen molar-refractivity contribution in [3.05, 3.63) is 34.2 Å². The molecule has 2 N–H and O–H groups in total. The molecule has 2 aromatic rings. The molecule has 102 valence electrons. The molecule has 0 bridgehead atoms. The largest absolute Gasteiger partial charge is 0.383 e. The van der Waals surface area contributed by atoms with Crippen molar-refractivity contribution < 1.29 is 4.74 Å². The van der Waals surface area contributed by atoms with Gasteiger partial charge < -0.3 is 15.0 Å². The van der Waals surface area contributed by atoms with E-state index >= 15 is 0 Å². The van der Waals surface area contributed by atoms with E-state index in [9.17, 15) is 0 Å². The maximum absolute atomic E-state index is 6.08. The predicted octanol–water partition coefficient (Wildman–Crippen LogP) is 2.51. The van der Waals surface area contributed by atoms with E-state index in [1.54, 1.807) is 25.6 Å². The molecule has 0 saturated heterocycles. The number of methoxy groups -OCH3 is 1. The first-order valence-electron chi connectivity index (χ1n) is 5.75. The van der Waals surface area contributed by atoms with Crippen LogP contribution in [-0.2, 0) is 11.3 Å². The highest BCUT2D eigenvalue weighted by molar-refractivity contribution is 6.35. The highest BCUT2D eigenvalue weighted by atomic mass is 35.5. The molecule has 5 nitrogen and oxygen atoms in total. The van der Waals surface area contributed by atoms with Gasteiger partial charge in [-0.05, 0) is 6.07 Å². The number of rotatable bonds is 6. The van der Waals surface area contributed by atoms with E-state index in [0.717, 1.165) is 12.2 Å². The van der Waals surface area contributed by atoms with E-state index in [1.165, 1.54) is 0 Å². The van der Waals surface area contributed by atoms with Crippen LogP contribution in [0.2, 0.25) is 10.0 Å². The molecule has 2 heterocycles. The topological polar surface area (TPSA) is 62.8 Å². The third-order valence-electron chi connectivity index (χ3n) is 2.46. The second-order valence-corrected chi connectivity index (χ2v) is 4.75. The zero-order chi connectivity index (χ0) is 13.7. The number of H-pyrrole nitrogens is 1. The molecule has 0 spiro atoms. The summed E-state index contributed by atoms with van der Waals surface area (Å²) in [4.78, 5) is 11.6. The molecule has 0 amide bonds. The second-order valence-electron chi connectivity index (χ2n) is 3.91. The lowest BCUT2D eigenvalue weighted by atomic mass is 10.3. The average Bonchev–Trinajstić information content (AvgIpc) is 2.83. The average molecular weight is 301 g/mol. The number of nitrogens with one attached hydrogen (secondary N) is 2. The van der Waals surface area contributed by atoms with Crippen LogP contribution in [0.15, 0.2) is 18.5 Å². The number of halogens is 2. The summed E-state index contributed by atoms with van der Waals surface area (Å²) >= 11 is 11.9. The van der Waals surface area contributed by atoms with Crippen LogP contribution < -0.4 is 5.32 Å². The lowest BCUT2D eigenvalue weighted by Gasteiger charge is -2.02. The van der Waals surface area contributed by atoms with E-state index in [2.05, 4.69) is 20.3 Å². The van der Waals surface area contributed by atoms with Crippen molar-refractivity contribution in [1.82, 2.24) is 20.3 Å². The van der Waals surface area contributed by atoms with Crippen LogP contribution >= 0.6 is 23.2 Å². The quantitative estimate of drug-likeness (QED) is 0.805. The molecule has 2 aromatic heterocycles. The van der Waals surface area contributed by atoms with Gasteiger partial charge in [-0.2, -0.15) is 0 Å². The Kier molecular flexibility index (Phi) is 5.15. The number of ether oxygens (including phenoxy) is 1. The Hall–Kier alpha value is -1.14. The highest BCUT2D eigenvalue weighted by Gasteiger charge is 2.09. The van der Waals surface area contributed by atoms with Crippen molar-refractivity contribution in [3.63, 3.8) is 0 Å². The van der Waals surface area contributed by atoms with Crippen molar-refractivity contribution >= 4 is 23.2 Å². The lowest BCUT2D eigenvalue weighted by Crippen LogP contribution is -2.18. The SMILES string of the molecule is COCCNCc1cnc(-c2ncc(Cl)cc2Cl)[nH]1. The zero-order valence-electron chi connectivity index (χ0n) is 10.4. The Morgan fingerprint density at radius 2 is 2.16 bits per heavy atom. The van der Waals surface area contributed by atoms with E-state index < -0.39 is 0 Å². The normalized spacial score (nSPS) is 10.9. The van der Waals surface area contributed by atoms with Gasteiger partial charge in [-0.1, -0.05) is 23.2 Å². The zero-order valence-corrected chi connectivity index (χ0v) is 11.9. The minimum Gasteiger partial charge on any atom is -0.383 e. The van der Waals surface area contributed by atoms with Crippen LogP contribution in [0.4, 0.5) is 0 Å². The number of aromatic nitrogens is 3. The molecular formula is C12H14Cl2N4O. The molecule has 2 rings (SSSR count). The van der Waals surface area contributed by atoms with E-state index in [0.29, 0.717) is 34.7 Å². The third kappa shape index (κ3) is 3.91. The predicted molar refractivity (Wildman–Crippen MR) is 75.4 cm³/mol. The first kappa shape index (κ1) is 14.3. The first-order chi connectivity index (χ1) is 9.20. The number of hydrogen-bond acceptors (Lipinski definition) is 4. The number of aromatic amines is 1. The van der Waals surface area contributed by atoms with Crippen molar-refractivity contribution in [3.8, 4) is 11.5 Å². The molecule has 0 saturated carbocycles. The Morgan fingerprint density at radius 1 is 1.32 bits per heavy atom. The molecule has 0 aliphatic carbocycles. The van der Waals surface area contributed by atoms with Crippen molar-refractivity contribution in [2.24, 2.45) is 0 Å². The molecule has 0 aliphatic heterocycles. The molecule has 7 heteroatoms. The lowest BCUT2D eigenvalue weighted by molar-refractivity contribution is 0.199. The summed E-state index contributed by atoms with van der Waals surface area (Å²) < 4.78 is 4.95. The third-order valence-corrected chi connectivity index (χ3v) is 2.95. The fourth-order valence-electron chi connectivity index (χ4n) is 1.56. The highest BCUT2D eigenvalue weighted by Crippen LogP contribution is 2.25. The molecule has 0 atom stereocenters. The Labute approximate surface area is 121 Å². The van der Waals surface area contributed by atoms with Gasteiger partial charge in [0.1, 0.15) is 5.69 Å². The van der Waals surface area contributed by atoms with Gasteiger partial charge in [0.15, 0.2) is 5.82 Å². The number of pyridine rings is 1. The Balaban J connectivity index is 2.04. The summed E-state index contributed by atoms with van der Waals surface area (Å²) in [6, 6.07) is 1.64. The Morgan fingerprint density at radius 3 is 2.89 bits per heavy atom. The van der Waals surface area contributed by atoms with Crippen LogP contribution in [0.25, 0.3) is 11.5 Å². The van der Waals surface area contributed by atoms with Gasteiger partial charge in [-0.15, -0.1) is 0 Å². The fourth-order valence-corrected chi connectivity index (χ4v) is 2.02. The summed E-state index contributed by atoms with van der Waals surface area (Å²) in [5.74, 6) is 0.630. The molecule has 0 radical (unpaired) electrons. The number of nitrogens with zero attached hydrogens (tertiary/aromatic N) is 2. The smallest absolute Gasteiger partial charge is 0.157 e. The van der Waals surface area contributed by atoms with Crippen LogP contribution in [0.5, 0.6) is 0 Å². The van der Waals surface area contributed by atoms with Crippen molar-refractivity contribution in [2.75, 3.05) is 20.3 Å². The maximum atomic E-state index is 6.08. The minimum atomic E-state index is 0.473. The number of imidazole rings is 1. The van der Waals surface area contributed by atoms with Crippen molar-refractivity contribution in [2.45, 2.75) is 6.54 Å². The van der Waals surface area contributed by atoms with Crippen LogP contribution in [-0.4, -0.2) is 35.2 Å². The fraction of sp³-hybridized carbons (Fsp3) is 0.333. The first-order valence-corrected chi connectivity index (χ1v) is 6.51. The van der Waals surface area contributed by atoms with Crippen LogP contribution in [0, 0.1) is 0 Å². The summed E-state index contributed by atoms with van der Waals surface area (Å²) in [5.41, 5.74) is 1.55. The summed E-state index contributed by atoms with van der Waals surface area (Å²) in [7, 11) is 1.67. The molecule has 0 unspecified atom stereocenters. The van der Waals surface area contributed by atoms with Gasteiger partial charge in [-0.3, -0.25) is 0 Å². The molecule has 0 aliphatic rings. The van der Waals surface area contributed by atoms with E-state index in [1.807, 2.05) is 0 Å². The Bertz CT molecular complexity index is 544. The van der Waals surface area contributed by atoms with Crippen LogP contribution in [0.1, 0.15) is 5.69 Å². The van der Waals surface area contributed by atoms with E-state index in [4.69, 9.17) is 27.9 Å². The molecule has 19 heavy (non-hydrogen) atoms. The molecular weight excluding hydrogens is 287 g/mol. The van der Waals surface area contributed by atoms with E-state index in [-0.39, 0.29) is 0 Å². The second kappa shape index (κ2) is 6.86. The summed E-state index contributed by atoms with van der Waals surface area (Å²) in [5, 5.41) is 4.19. The van der Waals surface area contributed by atoms with Gasteiger partial charge in [0.05, 0.1) is 22.8 Å². The molecule has 0 aromatic carbocycles. The van der Waals surface area contributed by atoms with Gasteiger partial charge in [-0.25, -0.2) is 9.97 Å². The summed E-state index contributed by atoms with van der Waals surface area (Å²) in [6.07, 6.45) is 3.30. The van der Waals surface area contributed by atoms with Crippen LogP contribution in [0.3, 0.4) is 0 Å². The number of hydrogen-bond donors (Lipinski definition) is 2. The monoisotopic (exact) mass is 300 g/mol.